The van der Waals surface area contributed by atoms with E-state index in [1.807, 2.05) is 0 Å². The summed E-state index contributed by atoms with van der Waals surface area (Å²) in [5.74, 6) is 1.10. The van der Waals surface area contributed by atoms with Crippen molar-refractivity contribution in [3.05, 3.63) is 24.2 Å². The third-order valence-electron chi connectivity index (χ3n) is 3.26. The van der Waals surface area contributed by atoms with Crippen molar-refractivity contribution in [3.8, 4) is 0 Å². The van der Waals surface area contributed by atoms with Gasteiger partial charge in [0.05, 0.1) is 38.7 Å². The quantitative estimate of drug-likeness (QED) is 0.366. The minimum absolute atomic E-state index is 0. The maximum atomic E-state index is 10.4. The van der Waals surface area contributed by atoms with Gasteiger partial charge in [0.1, 0.15) is 11.4 Å². The van der Waals surface area contributed by atoms with E-state index in [4.69, 9.17) is 13.9 Å². The Hall–Kier alpha value is -0.840. The van der Waals surface area contributed by atoms with Crippen molar-refractivity contribution >= 4 is 29.9 Å². The highest BCUT2D eigenvalue weighted by Gasteiger charge is 2.26. The van der Waals surface area contributed by atoms with Crippen LogP contribution in [0.25, 0.3) is 0 Å². The van der Waals surface area contributed by atoms with E-state index in [2.05, 4.69) is 15.6 Å². The van der Waals surface area contributed by atoms with Crippen molar-refractivity contribution in [2.75, 3.05) is 40.0 Å². The molecule has 0 radical (unpaired) electrons. The topological polar surface area (TPSA) is 88.3 Å². The Morgan fingerprint density at radius 3 is 2.86 bits per heavy atom. The molecule has 2 unspecified atom stereocenters. The molecule has 0 spiro atoms. The summed E-state index contributed by atoms with van der Waals surface area (Å²) in [5.41, 5.74) is -1.11. The van der Waals surface area contributed by atoms with E-state index < -0.39 is 5.60 Å². The van der Waals surface area contributed by atoms with Crippen molar-refractivity contribution in [2.45, 2.75) is 18.6 Å². The van der Waals surface area contributed by atoms with Crippen LogP contribution in [-0.4, -0.2) is 57.1 Å². The molecule has 22 heavy (non-hydrogen) atoms. The summed E-state index contributed by atoms with van der Waals surface area (Å²) in [6.45, 7) is 4.41. The second kappa shape index (κ2) is 9.33. The molecule has 0 amide bonds. The molecular formula is C14H24IN3O4. The van der Waals surface area contributed by atoms with Crippen LogP contribution in [0.5, 0.6) is 0 Å². The van der Waals surface area contributed by atoms with E-state index in [1.54, 1.807) is 26.1 Å². The van der Waals surface area contributed by atoms with E-state index in [-0.39, 0.29) is 36.6 Å². The molecular weight excluding hydrogens is 401 g/mol. The average Bonchev–Trinajstić information content (AvgIpc) is 3.03. The molecule has 0 bridgehead atoms. The molecule has 1 aliphatic heterocycles. The van der Waals surface area contributed by atoms with E-state index in [0.717, 1.165) is 0 Å². The molecule has 7 nitrogen and oxygen atoms in total. The normalized spacial score (nSPS) is 21.6. The van der Waals surface area contributed by atoms with Gasteiger partial charge < -0.3 is 29.6 Å². The van der Waals surface area contributed by atoms with Crippen LogP contribution >= 0.6 is 24.0 Å². The van der Waals surface area contributed by atoms with Gasteiger partial charge in [-0.05, 0) is 19.1 Å². The van der Waals surface area contributed by atoms with Crippen LogP contribution in [0.15, 0.2) is 27.8 Å². The van der Waals surface area contributed by atoms with Crippen molar-refractivity contribution < 1.29 is 19.0 Å². The van der Waals surface area contributed by atoms with Crippen LogP contribution in [0.4, 0.5) is 0 Å². The van der Waals surface area contributed by atoms with Crippen molar-refractivity contribution in [1.29, 1.82) is 0 Å². The Labute approximate surface area is 147 Å². The number of aliphatic imine (C=N–C) groups is 1. The monoisotopic (exact) mass is 425 g/mol. The average molecular weight is 425 g/mol. The van der Waals surface area contributed by atoms with E-state index in [0.29, 0.717) is 38.1 Å². The fourth-order valence-corrected chi connectivity index (χ4v) is 2.01. The number of ether oxygens (including phenoxy) is 2. The Kier molecular flexibility index (Phi) is 8.15. The van der Waals surface area contributed by atoms with Gasteiger partial charge in [0.2, 0.25) is 0 Å². The Morgan fingerprint density at radius 2 is 2.27 bits per heavy atom. The Bertz CT molecular complexity index is 445. The van der Waals surface area contributed by atoms with Gasteiger partial charge in [-0.3, -0.25) is 4.99 Å². The lowest BCUT2D eigenvalue weighted by molar-refractivity contribution is -0.0850. The lowest BCUT2D eigenvalue weighted by atomic mass is 10.0. The second-order valence-corrected chi connectivity index (χ2v) is 5.13. The predicted octanol–water partition coefficient (Wildman–Crippen LogP) is 0.686. The summed E-state index contributed by atoms with van der Waals surface area (Å²) >= 11 is 0. The standard InChI is InChI=1S/C14H23N3O4.HI/c1-14(18,12-4-3-5-21-12)10-17-13(15-2)16-8-11-9-19-6-7-20-11;/h3-5,11,18H,6-10H2,1-2H3,(H2,15,16,17);1H. The first kappa shape index (κ1) is 19.2. The predicted molar refractivity (Wildman–Crippen MR) is 93.6 cm³/mol. The minimum Gasteiger partial charge on any atom is -0.466 e. The molecule has 1 aromatic heterocycles. The lowest BCUT2D eigenvalue weighted by Gasteiger charge is -2.25. The molecule has 1 aliphatic rings. The van der Waals surface area contributed by atoms with Crippen LogP contribution in [0.3, 0.4) is 0 Å². The molecule has 126 valence electrons. The molecule has 3 N–H and O–H groups in total. The molecule has 8 heteroatoms. The Morgan fingerprint density at radius 1 is 1.45 bits per heavy atom. The number of hydrogen-bond acceptors (Lipinski definition) is 5. The summed E-state index contributed by atoms with van der Waals surface area (Å²) in [6, 6.07) is 3.49. The molecule has 2 heterocycles. The first-order valence-corrected chi connectivity index (χ1v) is 7.02. The molecule has 1 aromatic rings. The van der Waals surface area contributed by atoms with Gasteiger partial charge in [-0.1, -0.05) is 0 Å². The molecule has 1 saturated heterocycles. The molecule has 2 rings (SSSR count). The number of halogens is 1. The highest BCUT2D eigenvalue weighted by molar-refractivity contribution is 14.0. The second-order valence-electron chi connectivity index (χ2n) is 5.13. The van der Waals surface area contributed by atoms with Gasteiger partial charge in [0.15, 0.2) is 5.96 Å². The number of aliphatic hydroxyl groups is 1. The summed E-state index contributed by atoms with van der Waals surface area (Å²) in [5, 5.41) is 16.6. The number of furan rings is 1. The summed E-state index contributed by atoms with van der Waals surface area (Å²) < 4.78 is 16.1. The third-order valence-corrected chi connectivity index (χ3v) is 3.26. The number of hydrogen-bond donors (Lipinski definition) is 3. The van der Waals surface area contributed by atoms with E-state index in [9.17, 15) is 5.11 Å². The van der Waals surface area contributed by atoms with Crippen molar-refractivity contribution in [3.63, 3.8) is 0 Å². The van der Waals surface area contributed by atoms with Crippen LogP contribution in [0.2, 0.25) is 0 Å². The van der Waals surface area contributed by atoms with E-state index in [1.165, 1.54) is 6.26 Å². The van der Waals surface area contributed by atoms with E-state index >= 15 is 0 Å². The number of nitrogens with zero attached hydrogens (tertiary/aromatic N) is 1. The summed E-state index contributed by atoms with van der Waals surface area (Å²) in [6.07, 6.45) is 1.56. The first-order chi connectivity index (χ1) is 10.1. The fourth-order valence-electron chi connectivity index (χ4n) is 2.01. The fraction of sp³-hybridized carbons (Fsp3) is 0.643. The van der Waals surface area contributed by atoms with Crippen molar-refractivity contribution in [2.24, 2.45) is 4.99 Å². The number of rotatable bonds is 5. The molecule has 0 aliphatic carbocycles. The van der Waals surface area contributed by atoms with Gasteiger partial charge >= 0.3 is 0 Å². The van der Waals surface area contributed by atoms with Crippen LogP contribution in [-0.2, 0) is 15.1 Å². The third kappa shape index (κ3) is 5.75. The zero-order chi connectivity index (χ0) is 15.1. The van der Waals surface area contributed by atoms with Crippen LogP contribution < -0.4 is 10.6 Å². The van der Waals surface area contributed by atoms with Gasteiger partial charge in [0, 0.05) is 13.6 Å². The molecule has 0 aromatic carbocycles. The van der Waals surface area contributed by atoms with Gasteiger partial charge in [0.25, 0.3) is 0 Å². The van der Waals surface area contributed by atoms with Crippen molar-refractivity contribution in [1.82, 2.24) is 10.6 Å². The maximum absolute atomic E-state index is 10.4. The first-order valence-electron chi connectivity index (χ1n) is 7.02. The lowest BCUT2D eigenvalue weighted by Crippen LogP contribution is -2.48. The zero-order valence-corrected chi connectivity index (χ0v) is 15.2. The van der Waals surface area contributed by atoms with Gasteiger partial charge in [-0.15, -0.1) is 24.0 Å². The largest absolute Gasteiger partial charge is 0.466 e. The SMILES string of the molecule is CN=C(NCC1COCCO1)NCC(C)(O)c1ccco1.I. The Balaban J connectivity index is 0.00000242. The van der Waals surface area contributed by atoms with Crippen LogP contribution in [0, 0.1) is 0 Å². The molecule has 1 fully saturated rings. The summed E-state index contributed by atoms with van der Waals surface area (Å²) in [7, 11) is 1.68. The van der Waals surface area contributed by atoms with Crippen LogP contribution in [0.1, 0.15) is 12.7 Å². The molecule has 0 saturated carbocycles. The number of nitrogens with one attached hydrogen (secondary N) is 2. The highest BCUT2D eigenvalue weighted by Crippen LogP contribution is 2.19. The minimum atomic E-state index is -1.11. The van der Waals surface area contributed by atoms with Gasteiger partial charge in [-0.25, -0.2) is 0 Å². The smallest absolute Gasteiger partial charge is 0.191 e. The van der Waals surface area contributed by atoms with Gasteiger partial charge in [-0.2, -0.15) is 0 Å². The maximum Gasteiger partial charge on any atom is 0.191 e. The molecule has 2 atom stereocenters. The highest BCUT2D eigenvalue weighted by atomic mass is 127. The zero-order valence-electron chi connectivity index (χ0n) is 12.9. The summed E-state index contributed by atoms with van der Waals surface area (Å²) in [4.78, 5) is 4.11. The number of guanidine groups is 1.